The highest BCUT2D eigenvalue weighted by molar-refractivity contribution is 5.44. The Hall–Kier alpha value is -1.20. The fraction of sp³-hybridized carbons (Fsp3) is 0.667. The summed E-state index contributed by atoms with van der Waals surface area (Å²) in [5.41, 5.74) is 4.69. The van der Waals surface area contributed by atoms with Crippen molar-refractivity contribution < 1.29 is 4.74 Å². The van der Waals surface area contributed by atoms with E-state index in [1.165, 1.54) is 0 Å². The van der Waals surface area contributed by atoms with E-state index in [-0.39, 0.29) is 6.10 Å². The van der Waals surface area contributed by atoms with E-state index in [9.17, 15) is 0 Å². The Morgan fingerprint density at radius 1 is 1.41 bits per heavy atom. The molecule has 1 fully saturated rings. The lowest BCUT2D eigenvalue weighted by Crippen LogP contribution is -2.16. The number of rotatable bonds is 3. The molecule has 5 nitrogen and oxygen atoms in total. The topological polar surface area (TPSA) is 73.1 Å². The lowest BCUT2D eigenvalue weighted by molar-refractivity contribution is 0.0502. The van der Waals surface area contributed by atoms with Crippen LogP contribution in [0.25, 0.3) is 0 Å². The molecule has 1 aliphatic heterocycles. The minimum Gasteiger partial charge on any atom is -0.367 e. The Balaban J connectivity index is 2.34. The van der Waals surface area contributed by atoms with Gasteiger partial charge in [0, 0.05) is 11.3 Å². The molecule has 3 N–H and O–H groups in total. The number of nitrogens with zero attached hydrogens (tertiary/aromatic N) is 2. The van der Waals surface area contributed by atoms with Gasteiger partial charge < -0.3 is 10.2 Å². The van der Waals surface area contributed by atoms with Crippen LogP contribution >= 0.6 is 0 Å². The number of nitrogens with one attached hydrogen (secondary N) is 1. The van der Waals surface area contributed by atoms with Crippen LogP contribution < -0.4 is 11.3 Å². The molecular weight excluding hydrogens is 216 g/mol. The third-order valence-corrected chi connectivity index (χ3v) is 3.26. The molecule has 0 radical (unpaired) electrons. The fourth-order valence-electron chi connectivity index (χ4n) is 2.20. The van der Waals surface area contributed by atoms with Crippen LogP contribution in [0.15, 0.2) is 0 Å². The maximum atomic E-state index is 5.79. The summed E-state index contributed by atoms with van der Waals surface area (Å²) in [5, 5.41) is 0. The normalized spacial score (nSPS) is 24.0. The van der Waals surface area contributed by atoms with Crippen LogP contribution in [-0.4, -0.2) is 16.1 Å². The molecule has 2 unspecified atom stereocenters. The molecule has 0 spiro atoms. The summed E-state index contributed by atoms with van der Waals surface area (Å²) in [7, 11) is 0. The molecule has 2 atom stereocenters. The summed E-state index contributed by atoms with van der Waals surface area (Å²) in [5.74, 6) is 6.95. The third-order valence-electron chi connectivity index (χ3n) is 3.26. The smallest absolute Gasteiger partial charge is 0.159 e. The molecule has 0 amide bonds. The number of aryl methyl sites for hydroxylation is 1. The van der Waals surface area contributed by atoms with E-state index in [0.29, 0.717) is 11.9 Å². The number of anilines is 1. The molecule has 0 aliphatic carbocycles. The fourth-order valence-corrected chi connectivity index (χ4v) is 2.20. The van der Waals surface area contributed by atoms with Gasteiger partial charge in [-0.15, -0.1) is 0 Å². The van der Waals surface area contributed by atoms with E-state index < -0.39 is 0 Å². The van der Waals surface area contributed by atoms with Gasteiger partial charge in [0.2, 0.25) is 0 Å². The standard InChI is InChI=1S/C12H20N4O/c1-4-9-8(3)11(16-13)15-12(14-9)10-6-5-7(2)17-10/h7,10H,4-6,13H2,1-3H3,(H,14,15,16). The molecule has 1 aromatic heterocycles. The van der Waals surface area contributed by atoms with Crippen LogP contribution in [0.4, 0.5) is 5.82 Å². The van der Waals surface area contributed by atoms with Gasteiger partial charge in [0.15, 0.2) is 5.82 Å². The van der Waals surface area contributed by atoms with Crippen molar-refractivity contribution in [1.29, 1.82) is 0 Å². The molecule has 2 rings (SSSR count). The number of nitrogen functional groups attached to an aromatic ring is 1. The predicted octanol–water partition coefficient (Wildman–Crippen LogP) is 1.87. The molecule has 1 aromatic rings. The van der Waals surface area contributed by atoms with Gasteiger partial charge in [-0.05, 0) is 33.1 Å². The van der Waals surface area contributed by atoms with Gasteiger partial charge in [-0.3, -0.25) is 0 Å². The number of hydrazine groups is 1. The Morgan fingerprint density at radius 2 is 2.18 bits per heavy atom. The number of ether oxygens (including phenoxy) is 1. The van der Waals surface area contributed by atoms with Crippen molar-refractivity contribution in [3.63, 3.8) is 0 Å². The summed E-state index contributed by atoms with van der Waals surface area (Å²) in [6.07, 6.45) is 3.23. The van der Waals surface area contributed by atoms with Crippen LogP contribution in [0.2, 0.25) is 0 Å². The van der Waals surface area contributed by atoms with Crippen molar-refractivity contribution in [2.45, 2.75) is 52.2 Å². The zero-order chi connectivity index (χ0) is 12.4. The third kappa shape index (κ3) is 2.40. The molecule has 5 heteroatoms. The highest BCUT2D eigenvalue weighted by atomic mass is 16.5. The summed E-state index contributed by atoms with van der Waals surface area (Å²) in [6.45, 7) is 6.14. The second kappa shape index (κ2) is 4.98. The van der Waals surface area contributed by atoms with Gasteiger partial charge in [-0.25, -0.2) is 15.8 Å². The van der Waals surface area contributed by atoms with E-state index >= 15 is 0 Å². The van der Waals surface area contributed by atoms with Crippen LogP contribution in [0.5, 0.6) is 0 Å². The summed E-state index contributed by atoms with van der Waals surface area (Å²) >= 11 is 0. The minimum absolute atomic E-state index is 0.0167. The molecule has 94 valence electrons. The molecule has 0 saturated carbocycles. The van der Waals surface area contributed by atoms with E-state index in [1.807, 2.05) is 6.92 Å². The number of aromatic nitrogens is 2. The quantitative estimate of drug-likeness (QED) is 0.619. The minimum atomic E-state index is 0.0167. The van der Waals surface area contributed by atoms with Crippen LogP contribution in [0, 0.1) is 6.92 Å². The lowest BCUT2D eigenvalue weighted by atomic mass is 10.1. The van der Waals surface area contributed by atoms with Crippen LogP contribution in [0.1, 0.15) is 49.9 Å². The van der Waals surface area contributed by atoms with Crippen molar-refractivity contribution in [1.82, 2.24) is 9.97 Å². The van der Waals surface area contributed by atoms with Gasteiger partial charge in [0.25, 0.3) is 0 Å². The molecular formula is C12H20N4O. The Labute approximate surface area is 102 Å². The van der Waals surface area contributed by atoms with Crippen LogP contribution in [-0.2, 0) is 11.2 Å². The Kier molecular flexibility index (Phi) is 3.59. The molecule has 0 aromatic carbocycles. The van der Waals surface area contributed by atoms with E-state index in [1.54, 1.807) is 0 Å². The first kappa shape index (κ1) is 12.3. The van der Waals surface area contributed by atoms with Gasteiger partial charge in [-0.2, -0.15) is 0 Å². The molecule has 2 heterocycles. The summed E-state index contributed by atoms with van der Waals surface area (Å²) in [4.78, 5) is 9.03. The highest BCUT2D eigenvalue weighted by Gasteiger charge is 2.26. The van der Waals surface area contributed by atoms with Crippen molar-refractivity contribution in [3.8, 4) is 0 Å². The average Bonchev–Trinajstić information content (AvgIpc) is 2.76. The van der Waals surface area contributed by atoms with Crippen molar-refractivity contribution >= 4 is 5.82 Å². The average molecular weight is 236 g/mol. The maximum absolute atomic E-state index is 5.79. The second-order valence-electron chi connectivity index (χ2n) is 4.51. The Bertz CT molecular complexity index is 382. The van der Waals surface area contributed by atoms with E-state index in [0.717, 1.165) is 36.3 Å². The van der Waals surface area contributed by atoms with Crippen molar-refractivity contribution in [3.05, 3.63) is 17.1 Å². The first-order valence-electron chi connectivity index (χ1n) is 6.15. The largest absolute Gasteiger partial charge is 0.367 e. The van der Waals surface area contributed by atoms with Crippen LogP contribution in [0.3, 0.4) is 0 Å². The lowest BCUT2D eigenvalue weighted by Gasteiger charge is -2.14. The summed E-state index contributed by atoms with van der Waals surface area (Å²) < 4.78 is 5.79. The number of nitrogens with two attached hydrogens (primary N) is 1. The highest BCUT2D eigenvalue weighted by Crippen LogP contribution is 2.31. The molecule has 0 bridgehead atoms. The first-order valence-corrected chi connectivity index (χ1v) is 6.15. The first-order chi connectivity index (χ1) is 8.15. The molecule has 17 heavy (non-hydrogen) atoms. The Morgan fingerprint density at radius 3 is 2.71 bits per heavy atom. The number of hydrogen-bond donors (Lipinski definition) is 2. The maximum Gasteiger partial charge on any atom is 0.159 e. The van der Waals surface area contributed by atoms with Gasteiger partial charge >= 0.3 is 0 Å². The van der Waals surface area contributed by atoms with Crippen molar-refractivity contribution in [2.75, 3.05) is 5.43 Å². The molecule has 1 saturated heterocycles. The zero-order valence-electron chi connectivity index (χ0n) is 10.7. The van der Waals surface area contributed by atoms with Crippen molar-refractivity contribution in [2.24, 2.45) is 5.84 Å². The SMILES string of the molecule is CCc1nc(C2CCC(C)O2)nc(NN)c1C. The molecule has 1 aliphatic rings. The van der Waals surface area contributed by atoms with E-state index in [2.05, 4.69) is 29.2 Å². The summed E-state index contributed by atoms with van der Waals surface area (Å²) in [6, 6.07) is 0. The zero-order valence-corrected chi connectivity index (χ0v) is 10.7. The predicted molar refractivity (Wildman–Crippen MR) is 66.5 cm³/mol. The number of hydrogen-bond acceptors (Lipinski definition) is 5. The monoisotopic (exact) mass is 236 g/mol. The second-order valence-corrected chi connectivity index (χ2v) is 4.51. The van der Waals surface area contributed by atoms with Gasteiger partial charge in [0.1, 0.15) is 11.9 Å². The van der Waals surface area contributed by atoms with Gasteiger partial charge in [0.05, 0.1) is 6.10 Å². The van der Waals surface area contributed by atoms with Gasteiger partial charge in [-0.1, -0.05) is 6.92 Å². The van der Waals surface area contributed by atoms with E-state index in [4.69, 9.17) is 10.6 Å².